The van der Waals surface area contributed by atoms with Crippen molar-refractivity contribution < 1.29 is 9.59 Å². The van der Waals surface area contributed by atoms with Gasteiger partial charge in [-0.3, -0.25) is 9.59 Å². The first-order chi connectivity index (χ1) is 12.5. The predicted octanol–water partition coefficient (Wildman–Crippen LogP) is 3.82. The smallest absolute Gasteiger partial charge is 0.253 e. The zero-order valence-electron chi connectivity index (χ0n) is 14.9. The topological polar surface area (TPSA) is 49.4 Å². The lowest BCUT2D eigenvalue weighted by molar-refractivity contribution is -0.126. The molecule has 0 spiro atoms. The number of hydrogen-bond acceptors (Lipinski definition) is 2. The Labute approximate surface area is 159 Å². The lowest BCUT2D eigenvalue weighted by Gasteiger charge is -2.31. The van der Waals surface area contributed by atoms with Crippen LogP contribution in [0.3, 0.4) is 0 Å². The highest BCUT2D eigenvalue weighted by Gasteiger charge is 2.27. The van der Waals surface area contributed by atoms with Crippen LogP contribution in [0.5, 0.6) is 0 Å². The van der Waals surface area contributed by atoms with Gasteiger partial charge in [-0.2, -0.15) is 0 Å². The van der Waals surface area contributed by atoms with Gasteiger partial charge >= 0.3 is 0 Å². The molecule has 2 amide bonds. The predicted molar refractivity (Wildman–Crippen MR) is 103 cm³/mol. The highest BCUT2D eigenvalue weighted by atomic mass is 35.5. The van der Waals surface area contributed by atoms with Crippen molar-refractivity contribution in [3.8, 4) is 0 Å². The van der Waals surface area contributed by atoms with E-state index in [4.69, 9.17) is 11.6 Å². The Morgan fingerprint density at radius 3 is 2.46 bits per heavy atom. The second kappa shape index (κ2) is 8.37. The Morgan fingerprint density at radius 2 is 1.81 bits per heavy atom. The van der Waals surface area contributed by atoms with E-state index in [0.717, 1.165) is 16.7 Å². The Bertz CT molecular complexity index is 781. The second-order valence-corrected chi connectivity index (χ2v) is 7.22. The number of halogens is 1. The molecule has 0 radical (unpaired) electrons. The van der Waals surface area contributed by atoms with E-state index in [9.17, 15) is 9.59 Å². The summed E-state index contributed by atoms with van der Waals surface area (Å²) >= 11 is 5.87. The number of carbonyl (C=O) groups is 2. The lowest BCUT2D eigenvalue weighted by Crippen LogP contribution is -2.42. The molecule has 1 N–H and O–H groups in total. The molecule has 3 rings (SSSR count). The van der Waals surface area contributed by atoms with Crippen molar-refractivity contribution in [3.05, 3.63) is 70.2 Å². The number of amides is 2. The molecule has 5 heteroatoms. The summed E-state index contributed by atoms with van der Waals surface area (Å²) in [5.41, 5.74) is 2.82. The third kappa shape index (κ3) is 4.64. The third-order valence-electron chi connectivity index (χ3n) is 4.80. The molecule has 1 aliphatic rings. The van der Waals surface area contributed by atoms with Crippen molar-refractivity contribution in [2.24, 2.45) is 5.92 Å². The van der Waals surface area contributed by atoms with Gasteiger partial charge in [0.15, 0.2) is 0 Å². The number of carbonyl (C=O) groups excluding carboxylic acids is 2. The van der Waals surface area contributed by atoms with Gasteiger partial charge in [0.25, 0.3) is 5.91 Å². The molecule has 1 fully saturated rings. The summed E-state index contributed by atoms with van der Waals surface area (Å²) in [7, 11) is 0. The monoisotopic (exact) mass is 370 g/mol. The molecule has 0 bridgehead atoms. The van der Waals surface area contributed by atoms with Crippen LogP contribution in [0.2, 0.25) is 5.02 Å². The summed E-state index contributed by atoms with van der Waals surface area (Å²) in [5, 5.41) is 3.67. The van der Waals surface area contributed by atoms with Crippen LogP contribution in [0.1, 0.15) is 34.3 Å². The van der Waals surface area contributed by atoms with Gasteiger partial charge in [-0.1, -0.05) is 41.4 Å². The summed E-state index contributed by atoms with van der Waals surface area (Å²) in [6.45, 7) is 3.71. The van der Waals surface area contributed by atoms with Gasteiger partial charge < -0.3 is 10.2 Å². The van der Waals surface area contributed by atoms with Crippen LogP contribution in [0.25, 0.3) is 0 Å². The van der Waals surface area contributed by atoms with Crippen molar-refractivity contribution in [2.45, 2.75) is 26.3 Å². The molecule has 1 heterocycles. The first kappa shape index (κ1) is 18.5. The standard InChI is InChI=1S/C21H23ClN2O2/c1-15-3-2-4-18(13-15)21(26)24-11-9-17(10-12-24)20(25)23-14-16-5-7-19(22)8-6-16/h2-8,13,17H,9-12,14H2,1H3,(H,23,25). The number of hydrogen-bond donors (Lipinski definition) is 1. The summed E-state index contributed by atoms with van der Waals surface area (Å²) in [4.78, 5) is 26.8. The number of piperidine rings is 1. The quantitative estimate of drug-likeness (QED) is 0.889. The van der Waals surface area contributed by atoms with Gasteiger partial charge in [0.2, 0.25) is 5.91 Å². The molecule has 0 saturated carbocycles. The van der Waals surface area contributed by atoms with E-state index in [1.807, 2.05) is 60.4 Å². The van der Waals surface area contributed by atoms with Crippen LogP contribution in [0.4, 0.5) is 0 Å². The van der Waals surface area contributed by atoms with Crippen molar-refractivity contribution in [1.29, 1.82) is 0 Å². The molecule has 0 atom stereocenters. The fraction of sp³-hybridized carbons (Fsp3) is 0.333. The van der Waals surface area contributed by atoms with E-state index in [-0.39, 0.29) is 17.7 Å². The molecular weight excluding hydrogens is 348 g/mol. The van der Waals surface area contributed by atoms with E-state index in [2.05, 4.69) is 5.32 Å². The van der Waals surface area contributed by atoms with Crippen molar-refractivity contribution in [2.75, 3.05) is 13.1 Å². The Morgan fingerprint density at radius 1 is 1.12 bits per heavy atom. The van der Waals surface area contributed by atoms with E-state index in [1.165, 1.54) is 0 Å². The maximum absolute atomic E-state index is 12.6. The first-order valence-electron chi connectivity index (χ1n) is 8.91. The van der Waals surface area contributed by atoms with Crippen LogP contribution in [-0.2, 0) is 11.3 Å². The summed E-state index contributed by atoms with van der Waals surface area (Å²) in [6.07, 6.45) is 1.40. The minimum absolute atomic E-state index is 0.0381. The fourth-order valence-corrected chi connectivity index (χ4v) is 3.37. The zero-order valence-corrected chi connectivity index (χ0v) is 15.6. The molecule has 1 saturated heterocycles. The van der Waals surface area contributed by atoms with Gasteiger partial charge in [0.05, 0.1) is 0 Å². The van der Waals surface area contributed by atoms with Crippen LogP contribution in [0.15, 0.2) is 48.5 Å². The zero-order chi connectivity index (χ0) is 18.5. The van der Waals surface area contributed by atoms with Crippen LogP contribution in [0, 0.1) is 12.8 Å². The number of likely N-dealkylation sites (tertiary alicyclic amines) is 1. The average Bonchev–Trinajstić information content (AvgIpc) is 2.67. The van der Waals surface area contributed by atoms with Crippen LogP contribution in [-0.4, -0.2) is 29.8 Å². The van der Waals surface area contributed by atoms with Gasteiger partial charge in [-0.05, 0) is 49.6 Å². The minimum atomic E-state index is -0.0381. The molecule has 136 valence electrons. The number of nitrogens with one attached hydrogen (secondary N) is 1. The van der Waals surface area contributed by atoms with Gasteiger partial charge in [-0.15, -0.1) is 0 Å². The third-order valence-corrected chi connectivity index (χ3v) is 5.05. The molecule has 0 aliphatic carbocycles. The molecule has 0 unspecified atom stereocenters. The summed E-state index contributed by atoms with van der Waals surface area (Å²) < 4.78 is 0. The Hall–Kier alpha value is -2.33. The highest BCUT2D eigenvalue weighted by molar-refractivity contribution is 6.30. The van der Waals surface area contributed by atoms with Gasteiger partial charge in [0.1, 0.15) is 0 Å². The highest BCUT2D eigenvalue weighted by Crippen LogP contribution is 2.20. The average molecular weight is 371 g/mol. The van der Waals surface area contributed by atoms with Crippen molar-refractivity contribution in [1.82, 2.24) is 10.2 Å². The van der Waals surface area contributed by atoms with Crippen LogP contribution < -0.4 is 5.32 Å². The molecule has 4 nitrogen and oxygen atoms in total. The van der Waals surface area contributed by atoms with E-state index in [1.54, 1.807) is 0 Å². The molecular formula is C21H23ClN2O2. The van der Waals surface area contributed by atoms with Crippen molar-refractivity contribution in [3.63, 3.8) is 0 Å². The van der Waals surface area contributed by atoms with E-state index >= 15 is 0 Å². The van der Waals surface area contributed by atoms with Gasteiger partial charge in [0, 0.05) is 36.1 Å². The molecule has 0 aromatic heterocycles. The van der Waals surface area contributed by atoms with E-state index < -0.39 is 0 Å². The number of benzene rings is 2. The maximum Gasteiger partial charge on any atom is 0.253 e. The number of nitrogens with zero attached hydrogens (tertiary/aromatic N) is 1. The lowest BCUT2D eigenvalue weighted by atomic mass is 9.95. The number of aryl methyl sites for hydroxylation is 1. The summed E-state index contributed by atoms with van der Waals surface area (Å²) in [6, 6.07) is 15.1. The van der Waals surface area contributed by atoms with Gasteiger partial charge in [-0.25, -0.2) is 0 Å². The van der Waals surface area contributed by atoms with E-state index in [0.29, 0.717) is 37.5 Å². The first-order valence-corrected chi connectivity index (χ1v) is 9.29. The fourth-order valence-electron chi connectivity index (χ4n) is 3.24. The Balaban J connectivity index is 1.49. The minimum Gasteiger partial charge on any atom is -0.352 e. The SMILES string of the molecule is Cc1cccc(C(=O)N2CCC(C(=O)NCc3ccc(Cl)cc3)CC2)c1. The van der Waals surface area contributed by atoms with Crippen LogP contribution >= 0.6 is 11.6 Å². The number of rotatable bonds is 4. The molecule has 2 aromatic carbocycles. The largest absolute Gasteiger partial charge is 0.352 e. The molecule has 2 aromatic rings. The molecule has 1 aliphatic heterocycles. The molecule has 26 heavy (non-hydrogen) atoms. The maximum atomic E-state index is 12.6. The summed E-state index contributed by atoms with van der Waals surface area (Å²) in [5.74, 6) is 0.0696. The normalized spacial score (nSPS) is 14.9. The second-order valence-electron chi connectivity index (χ2n) is 6.78. The Kier molecular flexibility index (Phi) is 5.94. The van der Waals surface area contributed by atoms with Crippen molar-refractivity contribution >= 4 is 23.4 Å².